The van der Waals surface area contributed by atoms with E-state index in [0.29, 0.717) is 12.8 Å². The summed E-state index contributed by atoms with van der Waals surface area (Å²) in [5.74, 6) is -16.0. The fourth-order valence-corrected chi connectivity index (χ4v) is 8.79. The summed E-state index contributed by atoms with van der Waals surface area (Å²) in [6.45, 7) is 6.96. The first kappa shape index (κ1) is 88.4. The molecule has 0 bridgehead atoms. The summed E-state index contributed by atoms with van der Waals surface area (Å²) in [5.41, 5.74) is 49.3. The third-order valence-electron chi connectivity index (χ3n) is 14.3. The minimum absolute atomic E-state index is 0.00336. The smallest absolute Gasteiger partial charge is 0.326 e. The standard InChI is InChI=1S/C57H105N23O18/c1-27(2)23-37(51(93)71-30(5)46(88)78-38(24-41(61)84)52(94)77-36(55(97)98)17-18-40(60)83)79-49(91)32(13-7-9-19-58)75-48(90)35(16-12-22-68-57(65)66)74-45(87)29(4)72-53(95)39(26-81)80-50(92)33(14-8-10-20-59)76-47(89)34(15-11-21-67-56(63)64)73-44(86)28(3)70-42(85)25-69-54(96)43(62)31(6)82/h27-39,43,81-82H,7-26,58-59,62H2,1-6H3,(H2,60,83)(H2,61,84)(H,69,96)(H,70,85)(H,71,93)(H,72,95)(H,73,86)(H,74,87)(H,75,90)(H,76,89)(H,77,94)(H,78,88)(H,79,91)(H,80,92)(H,97,98)(H4,63,64,67)(H4,65,66,68)/t28-,29-,30-,31+,32-,33-,34-,35-,36-,37-,38-,39-,43-/m0/s1. The Morgan fingerprint density at radius 2 is 0.745 bits per heavy atom. The molecule has 0 radical (unpaired) electrons. The zero-order valence-electron chi connectivity index (χ0n) is 56.3. The zero-order valence-corrected chi connectivity index (χ0v) is 56.3. The van der Waals surface area contributed by atoms with Crippen molar-refractivity contribution in [3.05, 3.63) is 0 Å². The molecule has 0 saturated heterocycles. The van der Waals surface area contributed by atoms with E-state index in [4.69, 9.17) is 51.6 Å². The van der Waals surface area contributed by atoms with Crippen LogP contribution in [0.25, 0.3) is 0 Å². The molecule has 0 aliphatic carbocycles. The normalized spacial score (nSPS) is 14.9. The Balaban J connectivity index is 6.69. The molecule has 0 spiro atoms. The molecule has 0 rings (SSSR count). The molecule has 0 heterocycles. The Kier molecular flexibility index (Phi) is 42.7. The van der Waals surface area contributed by atoms with Crippen LogP contribution in [0.4, 0.5) is 0 Å². The van der Waals surface area contributed by atoms with Gasteiger partial charge < -0.3 is 131 Å². The predicted octanol–water partition coefficient (Wildman–Crippen LogP) is -11.2. The number of unbranched alkanes of at least 4 members (excludes halogenated alkanes) is 2. The molecule has 98 heavy (non-hydrogen) atoms. The summed E-state index contributed by atoms with van der Waals surface area (Å²) in [5, 5.41) is 58.3. The summed E-state index contributed by atoms with van der Waals surface area (Å²) in [6, 6.07) is -18.0. The van der Waals surface area contributed by atoms with Gasteiger partial charge >= 0.3 is 5.97 Å². The average Bonchev–Trinajstić information content (AvgIpc) is 0.875. The number of carboxylic acids is 1. The Bertz CT molecular complexity index is 2750. The number of nitrogens with zero attached hydrogens (tertiary/aromatic N) is 2. The second-order valence-corrected chi connectivity index (χ2v) is 23.5. The number of primary amides is 2. The number of rotatable bonds is 50. The Morgan fingerprint density at radius 3 is 1.11 bits per heavy atom. The number of nitrogens with two attached hydrogens (primary N) is 9. The maximum atomic E-state index is 14.3. The molecule has 33 N–H and O–H groups in total. The van der Waals surface area contributed by atoms with Crippen molar-refractivity contribution in [2.24, 2.45) is 67.5 Å². The lowest BCUT2D eigenvalue weighted by molar-refractivity contribution is -0.143. The molecule has 0 aromatic rings. The van der Waals surface area contributed by atoms with Crippen molar-refractivity contribution in [1.29, 1.82) is 0 Å². The lowest BCUT2D eigenvalue weighted by Crippen LogP contribution is -2.60. The highest BCUT2D eigenvalue weighted by Crippen LogP contribution is 2.12. The van der Waals surface area contributed by atoms with E-state index in [-0.39, 0.29) is 102 Å². The summed E-state index contributed by atoms with van der Waals surface area (Å²) >= 11 is 0. The van der Waals surface area contributed by atoms with Gasteiger partial charge in [0.2, 0.25) is 82.7 Å². The van der Waals surface area contributed by atoms with Crippen LogP contribution in [0.3, 0.4) is 0 Å². The lowest BCUT2D eigenvalue weighted by atomic mass is 10.0. The lowest BCUT2D eigenvalue weighted by Gasteiger charge is -2.28. The van der Waals surface area contributed by atoms with Crippen LogP contribution in [-0.2, 0) is 71.9 Å². The molecular formula is C57H105N23O18. The summed E-state index contributed by atoms with van der Waals surface area (Å²) in [7, 11) is 0. The molecule has 0 aliphatic heterocycles. The zero-order chi connectivity index (χ0) is 74.9. The number of aliphatic imine (C=N–C) groups is 2. The van der Waals surface area contributed by atoms with E-state index in [9.17, 15) is 87.2 Å². The van der Waals surface area contributed by atoms with Crippen LogP contribution in [0, 0.1) is 5.92 Å². The van der Waals surface area contributed by atoms with Crippen molar-refractivity contribution in [2.75, 3.05) is 39.3 Å². The number of aliphatic hydroxyl groups is 2. The van der Waals surface area contributed by atoms with Gasteiger partial charge in [0.25, 0.3) is 0 Å². The largest absolute Gasteiger partial charge is 0.480 e. The number of carbonyl (C=O) groups is 15. The Morgan fingerprint density at radius 1 is 0.398 bits per heavy atom. The molecule has 0 aliphatic rings. The highest BCUT2D eigenvalue weighted by molar-refractivity contribution is 6.00. The van der Waals surface area contributed by atoms with E-state index < -0.39 is 200 Å². The molecule has 13 atom stereocenters. The van der Waals surface area contributed by atoms with Gasteiger partial charge in [0.15, 0.2) is 11.9 Å². The number of amides is 14. The fourth-order valence-electron chi connectivity index (χ4n) is 8.79. The van der Waals surface area contributed by atoms with E-state index in [1.807, 2.05) is 0 Å². The van der Waals surface area contributed by atoms with Gasteiger partial charge in [-0.2, -0.15) is 0 Å². The average molecular weight is 1400 g/mol. The Hall–Kier alpha value is -9.61. The van der Waals surface area contributed by atoms with Gasteiger partial charge in [-0.05, 0) is 124 Å². The first-order valence-electron chi connectivity index (χ1n) is 31.8. The van der Waals surface area contributed by atoms with E-state index in [1.165, 1.54) is 27.7 Å². The molecule has 0 fully saturated rings. The van der Waals surface area contributed by atoms with E-state index >= 15 is 0 Å². The van der Waals surface area contributed by atoms with Gasteiger partial charge in [0, 0.05) is 19.5 Å². The highest BCUT2D eigenvalue weighted by Gasteiger charge is 2.36. The summed E-state index contributed by atoms with van der Waals surface area (Å²) in [6.07, 6.45) is -2.09. The van der Waals surface area contributed by atoms with Crippen molar-refractivity contribution in [2.45, 2.75) is 210 Å². The molecule has 41 heteroatoms. The van der Waals surface area contributed by atoms with Gasteiger partial charge in [-0.15, -0.1) is 0 Å². The van der Waals surface area contributed by atoms with Gasteiger partial charge in [-0.25, -0.2) is 4.79 Å². The maximum absolute atomic E-state index is 14.3. The van der Waals surface area contributed by atoms with Gasteiger partial charge in [0.1, 0.15) is 72.5 Å². The number of carboxylic acid groups (broad SMARTS) is 1. The Labute approximate surface area is 566 Å². The minimum atomic E-state index is -1.78. The fraction of sp³-hybridized carbons (Fsp3) is 0.702. The molecule has 0 saturated carbocycles. The van der Waals surface area contributed by atoms with Crippen LogP contribution in [0.15, 0.2) is 9.98 Å². The monoisotopic (exact) mass is 1400 g/mol. The predicted molar refractivity (Wildman–Crippen MR) is 353 cm³/mol. The second kappa shape index (κ2) is 47.3. The van der Waals surface area contributed by atoms with E-state index in [1.54, 1.807) is 13.8 Å². The summed E-state index contributed by atoms with van der Waals surface area (Å²) in [4.78, 5) is 205. The number of aliphatic hydroxyl groups excluding tert-OH is 2. The molecule has 14 amide bonds. The molecule has 41 nitrogen and oxygen atoms in total. The van der Waals surface area contributed by atoms with Gasteiger partial charge in [0.05, 0.1) is 25.7 Å². The number of guanidine groups is 2. The first-order chi connectivity index (χ1) is 45.9. The van der Waals surface area contributed by atoms with Crippen LogP contribution >= 0.6 is 0 Å². The van der Waals surface area contributed by atoms with Gasteiger partial charge in [-0.1, -0.05) is 13.8 Å². The molecular weight excluding hydrogens is 1290 g/mol. The molecule has 0 unspecified atom stereocenters. The maximum Gasteiger partial charge on any atom is 0.326 e. The molecule has 0 aromatic carbocycles. The van der Waals surface area contributed by atoms with Crippen LogP contribution in [0.1, 0.15) is 131 Å². The number of hydrogen-bond donors (Lipinski definition) is 24. The van der Waals surface area contributed by atoms with Crippen LogP contribution in [0.5, 0.6) is 0 Å². The topological polar surface area (TPSA) is 720 Å². The van der Waals surface area contributed by atoms with E-state index in [2.05, 4.69) is 73.8 Å². The number of aliphatic carboxylic acids is 1. The quantitative estimate of drug-likeness (QED) is 0.0153. The SMILES string of the molecule is CC(C)C[C@H](NC(=O)[C@H](CCCCN)NC(=O)[C@H](CCCN=C(N)N)NC(=O)[C@H](C)NC(=O)[C@H](CO)NC(=O)[C@H](CCCCN)NC(=O)[C@H](CCCN=C(N)N)NC(=O)[C@H](C)NC(=O)CNC(=O)[C@@H](N)[C@@H](C)O)C(=O)N[C@@H](C)C(=O)N[C@@H](CC(N)=O)C(=O)N[C@@H](CCC(N)=O)C(=O)O. The van der Waals surface area contributed by atoms with E-state index in [0.717, 1.165) is 0 Å². The second-order valence-electron chi connectivity index (χ2n) is 23.5. The van der Waals surface area contributed by atoms with Crippen LogP contribution < -0.4 is 115 Å². The van der Waals surface area contributed by atoms with Crippen molar-refractivity contribution in [3.8, 4) is 0 Å². The third-order valence-corrected chi connectivity index (χ3v) is 14.3. The van der Waals surface area contributed by atoms with Gasteiger partial charge in [-0.3, -0.25) is 77.1 Å². The van der Waals surface area contributed by atoms with Crippen molar-refractivity contribution in [1.82, 2.24) is 63.8 Å². The molecule has 556 valence electrons. The molecule has 0 aromatic heterocycles. The number of hydrogen-bond acceptors (Lipinski definition) is 22. The number of nitrogens with one attached hydrogen (secondary N) is 12. The van der Waals surface area contributed by atoms with Crippen molar-refractivity contribution in [3.63, 3.8) is 0 Å². The van der Waals surface area contributed by atoms with Crippen molar-refractivity contribution >= 4 is 101 Å². The third kappa shape index (κ3) is 37.1. The first-order valence-corrected chi connectivity index (χ1v) is 31.8. The summed E-state index contributed by atoms with van der Waals surface area (Å²) < 4.78 is 0. The van der Waals surface area contributed by atoms with Crippen LogP contribution in [0.2, 0.25) is 0 Å². The highest BCUT2D eigenvalue weighted by atomic mass is 16.4. The van der Waals surface area contributed by atoms with Crippen LogP contribution in [-0.4, -0.2) is 234 Å². The number of carbonyl (C=O) groups excluding carboxylic acids is 14. The minimum Gasteiger partial charge on any atom is -0.480 e. The van der Waals surface area contributed by atoms with Crippen molar-refractivity contribution < 1.29 is 87.2 Å².